The standard InChI is InChI=1S/C41H41F3IN5O4/c1-47(28-32-11-17-35(18-12-32)49-21-5-8-37(49)51)39(53)40(45,26-30-6-3-2-4-7-30)50(29-33-9-15-34(16-10-33)48-22-24-54-25-23-48)38(52)20-14-31-13-19-36(46-27-31)41(42,43)44/h2-4,6-7,9-20,27H,5,8,21-26,28-29H2,1H3. The highest BCUT2D eigenvalue weighted by Gasteiger charge is 2.45. The lowest BCUT2D eigenvalue weighted by molar-refractivity contribution is -0.144. The first-order valence-corrected chi connectivity index (χ1v) is 18.8. The van der Waals surface area contributed by atoms with Gasteiger partial charge in [-0.25, -0.2) is 0 Å². The Morgan fingerprint density at radius 1 is 0.852 bits per heavy atom. The molecule has 4 aromatic rings. The van der Waals surface area contributed by atoms with Crippen LogP contribution >= 0.6 is 22.6 Å². The Labute approximate surface area is 326 Å². The van der Waals surface area contributed by atoms with Crippen molar-refractivity contribution in [3.8, 4) is 0 Å². The highest BCUT2D eigenvalue weighted by Crippen LogP contribution is 2.35. The van der Waals surface area contributed by atoms with Gasteiger partial charge in [-0.15, -0.1) is 0 Å². The third kappa shape index (κ3) is 9.48. The normalized spacial score (nSPS) is 16.1. The molecular formula is C41H41F3IN5O4. The molecule has 6 rings (SSSR count). The molecule has 3 heterocycles. The molecule has 13 heteroatoms. The van der Waals surface area contributed by atoms with Gasteiger partial charge in [0.25, 0.3) is 5.91 Å². The van der Waals surface area contributed by atoms with Crippen molar-refractivity contribution in [1.82, 2.24) is 14.8 Å². The first-order chi connectivity index (χ1) is 25.9. The fraction of sp³-hybridized carbons (Fsp3) is 0.317. The van der Waals surface area contributed by atoms with Gasteiger partial charge in [0, 0.05) is 76.3 Å². The summed E-state index contributed by atoms with van der Waals surface area (Å²) in [5.41, 5.74) is 3.59. The Hall–Kier alpha value is -4.76. The third-order valence-electron chi connectivity index (χ3n) is 9.54. The fourth-order valence-corrected chi connectivity index (χ4v) is 7.88. The number of carbonyl (C=O) groups is 3. The molecular weight excluding hydrogens is 810 g/mol. The van der Waals surface area contributed by atoms with E-state index in [0.29, 0.717) is 31.7 Å². The van der Waals surface area contributed by atoms with Gasteiger partial charge in [0.2, 0.25) is 11.8 Å². The van der Waals surface area contributed by atoms with Crippen LogP contribution in [0.1, 0.15) is 40.8 Å². The van der Waals surface area contributed by atoms with Crippen LogP contribution < -0.4 is 9.80 Å². The minimum atomic E-state index is -4.59. The summed E-state index contributed by atoms with van der Waals surface area (Å²) in [5.74, 6) is -0.720. The van der Waals surface area contributed by atoms with Crippen molar-refractivity contribution in [2.24, 2.45) is 0 Å². The lowest BCUT2D eigenvalue weighted by atomic mass is 10.0. The second kappa shape index (κ2) is 17.1. The van der Waals surface area contributed by atoms with Crippen LogP contribution in [0.5, 0.6) is 0 Å². The molecule has 1 aromatic heterocycles. The van der Waals surface area contributed by atoms with Crippen LogP contribution in [-0.2, 0) is 44.8 Å². The Morgan fingerprint density at radius 2 is 1.50 bits per heavy atom. The maximum absolute atomic E-state index is 14.8. The lowest BCUT2D eigenvalue weighted by Crippen LogP contribution is -2.57. The van der Waals surface area contributed by atoms with Crippen LogP contribution in [0.25, 0.3) is 6.08 Å². The van der Waals surface area contributed by atoms with Crippen LogP contribution in [0.3, 0.4) is 0 Å². The molecule has 0 aliphatic carbocycles. The summed E-state index contributed by atoms with van der Waals surface area (Å²) in [5, 5.41) is 0. The smallest absolute Gasteiger partial charge is 0.378 e. The SMILES string of the molecule is CN(Cc1ccc(N2CCCC2=O)cc1)C(=O)C(I)(Cc1ccccc1)N(Cc1ccc(N2CCOCC2)cc1)C(=O)C=Cc1ccc(C(F)(F)F)nc1. The number of ether oxygens (including phenoxy) is 1. The van der Waals surface area contributed by atoms with Gasteiger partial charge in [0.05, 0.1) is 13.2 Å². The van der Waals surface area contributed by atoms with E-state index in [2.05, 4.69) is 32.5 Å². The minimum Gasteiger partial charge on any atom is -0.378 e. The summed E-state index contributed by atoms with van der Waals surface area (Å²) in [7, 11) is 1.70. The van der Waals surface area contributed by atoms with Crippen molar-refractivity contribution in [1.29, 1.82) is 0 Å². The molecule has 2 aliphatic rings. The topological polar surface area (TPSA) is 86.3 Å². The first-order valence-electron chi connectivity index (χ1n) is 17.7. The van der Waals surface area contributed by atoms with E-state index in [0.717, 1.165) is 59.8 Å². The molecule has 54 heavy (non-hydrogen) atoms. The van der Waals surface area contributed by atoms with Gasteiger partial charge >= 0.3 is 6.18 Å². The zero-order valence-electron chi connectivity index (χ0n) is 29.8. The van der Waals surface area contributed by atoms with Crippen molar-refractivity contribution < 1.29 is 32.3 Å². The molecule has 3 aromatic carbocycles. The number of carbonyl (C=O) groups excluding carboxylic acids is 3. The van der Waals surface area contributed by atoms with E-state index in [1.807, 2.05) is 78.9 Å². The number of morpholine rings is 1. The molecule has 1 atom stereocenters. The number of rotatable bonds is 12. The molecule has 0 bridgehead atoms. The number of amides is 3. The van der Waals surface area contributed by atoms with Crippen LogP contribution in [0.4, 0.5) is 24.5 Å². The molecule has 0 N–H and O–H groups in total. The highest BCUT2D eigenvalue weighted by atomic mass is 127. The predicted molar refractivity (Wildman–Crippen MR) is 210 cm³/mol. The molecule has 9 nitrogen and oxygen atoms in total. The van der Waals surface area contributed by atoms with Crippen molar-refractivity contribution in [3.63, 3.8) is 0 Å². The minimum absolute atomic E-state index is 0.0751. The van der Waals surface area contributed by atoms with Gasteiger partial charge in [-0.05, 0) is 87.7 Å². The second-order valence-electron chi connectivity index (χ2n) is 13.4. The Morgan fingerprint density at radius 3 is 2.09 bits per heavy atom. The number of pyridine rings is 1. The van der Waals surface area contributed by atoms with Crippen molar-refractivity contribution >= 4 is 57.8 Å². The van der Waals surface area contributed by atoms with Gasteiger partial charge in [-0.1, -0.05) is 60.7 Å². The lowest BCUT2D eigenvalue weighted by Gasteiger charge is -2.40. The Kier molecular flexibility index (Phi) is 12.4. The molecule has 1 unspecified atom stereocenters. The summed E-state index contributed by atoms with van der Waals surface area (Å²) in [6.45, 7) is 3.81. The van der Waals surface area contributed by atoms with E-state index in [4.69, 9.17) is 4.74 Å². The van der Waals surface area contributed by atoms with Crippen LogP contribution in [0.2, 0.25) is 0 Å². The Bertz CT molecular complexity index is 1940. The van der Waals surface area contributed by atoms with Crippen molar-refractivity contribution in [3.05, 3.63) is 131 Å². The monoisotopic (exact) mass is 851 g/mol. The van der Waals surface area contributed by atoms with Crippen LogP contribution in [-0.4, -0.2) is 75.9 Å². The largest absolute Gasteiger partial charge is 0.433 e. The number of benzene rings is 3. The van der Waals surface area contributed by atoms with E-state index in [1.54, 1.807) is 16.8 Å². The maximum atomic E-state index is 14.8. The van der Waals surface area contributed by atoms with E-state index in [1.165, 1.54) is 23.1 Å². The zero-order valence-corrected chi connectivity index (χ0v) is 32.0. The summed E-state index contributed by atoms with van der Waals surface area (Å²) in [6.07, 6.45) is 0.683. The number of halogens is 4. The van der Waals surface area contributed by atoms with Gasteiger partial charge in [-0.3, -0.25) is 19.4 Å². The number of hydrogen-bond acceptors (Lipinski definition) is 6. The Balaban J connectivity index is 1.32. The zero-order chi connectivity index (χ0) is 38.3. The van der Waals surface area contributed by atoms with Crippen molar-refractivity contribution in [2.45, 2.75) is 42.1 Å². The van der Waals surface area contributed by atoms with E-state index in [-0.39, 0.29) is 31.3 Å². The molecule has 3 amide bonds. The maximum Gasteiger partial charge on any atom is 0.433 e. The number of likely N-dealkylation sites (N-methyl/N-ethyl adjacent to an activating group) is 1. The molecule has 2 fully saturated rings. The number of nitrogens with zero attached hydrogens (tertiary/aromatic N) is 5. The number of hydrogen-bond donors (Lipinski definition) is 0. The first kappa shape index (κ1) is 38.9. The molecule has 0 radical (unpaired) electrons. The van der Waals surface area contributed by atoms with Crippen molar-refractivity contribution in [2.75, 3.05) is 49.7 Å². The summed E-state index contributed by atoms with van der Waals surface area (Å²) in [4.78, 5) is 52.1. The van der Waals surface area contributed by atoms with Crippen LogP contribution in [0, 0.1) is 0 Å². The van der Waals surface area contributed by atoms with Crippen LogP contribution in [0.15, 0.2) is 103 Å². The molecule has 2 saturated heterocycles. The fourth-order valence-electron chi connectivity index (χ4n) is 6.62. The number of anilines is 2. The number of aromatic nitrogens is 1. The highest BCUT2D eigenvalue weighted by molar-refractivity contribution is 14.1. The average Bonchev–Trinajstić information content (AvgIpc) is 3.62. The quantitative estimate of drug-likeness (QED) is 0.0653. The summed E-state index contributed by atoms with van der Waals surface area (Å²) < 4.78 is 43.5. The van der Waals surface area contributed by atoms with E-state index >= 15 is 0 Å². The van der Waals surface area contributed by atoms with Gasteiger partial charge < -0.3 is 24.3 Å². The summed E-state index contributed by atoms with van der Waals surface area (Å²) >= 11 is 2.09. The molecule has 282 valence electrons. The van der Waals surface area contributed by atoms with Gasteiger partial charge in [-0.2, -0.15) is 13.2 Å². The third-order valence-corrected chi connectivity index (χ3v) is 11.0. The van der Waals surface area contributed by atoms with E-state index < -0.39 is 21.3 Å². The molecule has 0 spiro atoms. The van der Waals surface area contributed by atoms with E-state index in [9.17, 15) is 27.6 Å². The number of alkyl halides is 4. The summed E-state index contributed by atoms with van der Waals surface area (Å²) in [6, 6.07) is 27.0. The second-order valence-corrected chi connectivity index (χ2v) is 15.2. The average molecular weight is 852 g/mol. The van der Waals surface area contributed by atoms with Gasteiger partial charge in [0.1, 0.15) is 5.69 Å². The predicted octanol–water partition coefficient (Wildman–Crippen LogP) is 7.14. The molecule has 2 aliphatic heterocycles. The van der Waals surface area contributed by atoms with Gasteiger partial charge in [0.15, 0.2) is 3.55 Å². The molecule has 0 saturated carbocycles.